The fraction of sp³-hybridized carbons (Fsp3) is 0.100. The Hall–Kier alpha value is -2.44. The second kappa shape index (κ2) is 3.85. The van der Waals surface area contributed by atoms with Crippen LogP contribution in [0.25, 0.3) is 11.1 Å². The molecular formula is C10H7FN2O4. The van der Waals surface area contributed by atoms with E-state index in [2.05, 4.69) is 5.16 Å². The Kier molecular flexibility index (Phi) is 2.51. The van der Waals surface area contributed by atoms with E-state index in [-0.39, 0.29) is 16.9 Å². The molecule has 2 aromatic rings. The highest BCUT2D eigenvalue weighted by molar-refractivity contribution is 5.66. The summed E-state index contributed by atoms with van der Waals surface area (Å²) in [7, 11) is 0. The predicted molar refractivity (Wildman–Crippen MR) is 56.1 cm³/mol. The molecule has 1 aromatic heterocycles. The van der Waals surface area contributed by atoms with Gasteiger partial charge in [0.15, 0.2) is 0 Å². The van der Waals surface area contributed by atoms with E-state index in [0.29, 0.717) is 0 Å². The van der Waals surface area contributed by atoms with Crippen molar-refractivity contribution in [1.82, 2.24) is 5.16 Å². The summed E-state index contributed by atoms with van der Waals surface area (Å²) in [5.41, 5.74) is -0.787. The second-order valence-corrected chi connectivity index (χ2v) is 3.39. The summed E-state index contributed by atoms with van der Waals surface area (Å²) in [4.78, 5) is 21.1. The Labute approximate surface area is 93.8 Å². The van der Waals surface area contributed by atoms with Crippen molar-refractivity contribution >= 4 is 5.69 Å². The zero-order chi connectivity index (χ0) is 12.6. The van der Waals surface area contributed by atoms with Gasteiger partial charge in [-0.3, -0.25) is 14.9 Å². The van der Waals surface area contributed by atoms with Crippen LogP contribution in [-0.4, -0.2) is 10.1 Å². The smallest absolute Gasteiger partial charge is 0.305 e. The monoisotopic (exact) mass is 238 g/mol. The van der Waals surface area contributed by atoms with E-state index in [0.717, 1.165) is 12.1 Å². The van der Waals surface area contributed by atoms with Crippen molar-refractivity contribution < 1.29 is 13.8 Å². The van der Waals surface area contributed by atoms with Crippen LogP contribution in [0.2, 0.25) is 0 Å². The van der Waals surface area contributed by atoms with Gasteiger partial charge in [0.05, 0.1) is 10.5 Å². The zero-order valence-electron chi connectivity index (χ0n) is 8.69. The topological polar surface area (TPSA) is 89.1 Å². The molecule has 0 saturated carbocycles. The van der Waals surface area contributed by atoms with Gasteiger partial charge in [0.1, 0.15) is 5.76 Å². The van der Waals surface area contributed by atoms with Gasteiger partial charge in [-0.25, -0.2) is 0 Å². The zero-order valence-corrected chi connectivity index (χ0v) is 8.69. The lowest BCUT2D eigenvalue weighted by atomic mass is 10.1. The van der Waals surface area contributed by atoms with Crippen molar-refractivity contribution in [2.75, 3.05) is 0 Å². The summed E-state index contributed by atoms with van der Waals surface area (Å²) >= 11 is 0. The number of aryl methyl sites for hydroxylation is 1. The molecule has 88 valence electrons. The Morgan fingerprint density at radius 2 is 2.18 bits per heavy atom. The molecule has 0 aliphatic heterocycles. The van der Waals surface area contributed by atoms with Gasteiger partial charge in [0.25, 0.3) is 5.56 Å². The number of hydrogen-bond acceptors (Lipinski definition) is 4. The summed E-state index contributed by atoms with van der Waals surface area (Å²) in [6.45, 7) is 1.53. The standard InChI is InChI=1S/C10H7FN2O4/c1-5-9(10(14)12-17-5)6-2-3-7(11)8(4-6)13(15)16/h2-4H,1H3,(H,12,14). The van der Waals surface area contributed by atoms with Gasteiger partial charge < -0.3 is 4.52 Å². The van der Waals surface area contributed by atoms with Gasteiger partial charge in [-0.15, -0.1) is 0 Å². The van der Waals surface area contributed by atoms with E-state index in [9.17, 15) is 19.3 Å². The van der Waals surface area contributed by atoms with Gasteiger partial charge in [-0.1, -0.05) is 6.07 Å². The van der Waals surface area contributed by atoms with Crippen LogP contribution in [-0.2, 0) is 0 Å². The maximum atomic E-state index is 13.1. The number of rotatable bonds is 2. The average Bonchev–Trinajstić information content (AvgIpc) is 2.59. The molecule has 0 bridgehead atoms. The first-order valence-corrected chi connectivity index (χ1v) is 4.63. The van der Waals surface area contributed by atoms with Crippen LogP contribution in [0.5, 0.6) is 0 Å². The highest BCUT2D eigenvalue weighted by atomic mass is 19.1. The minimum Gasteiger partial charge on any atom is -0.383 e. The van der Waals surface area contributed by atoms with Crippen molar-refractivity contribution in [3.8, 4) is 11.1 Å². The minimum absolute atomic E-state index is 0.160. The molecule has 0 saturated heterocycles. The molecule has 0 atom stereocenters. The van der Waals surface area contributed by atoms with Crippen LogP contribution in [0.4, 0.5) is 10.1 Å². The van der Waals surface area contributed by atoms with Crippen LogP contribution in [0.15, 0.2) is 27.5 Å². The fourth-order valence-electron chi connectivity index (χ4n) is 1.53. The molecular weight excluding hydrogens is 231 g/mol. The first-order chi connectivity index (χ1) is 8.00. The first-order valence-electron chi connectivity index (χ1n) is 4.63. The van der Waals surface area contributed by atoms with Gasteiger partial charge in [-0.2, -0.15) is 9.55 Å². The third-order valence-corrected chi connectivity index (χ3v) is 2.31. The van der Waals surface area contributed by atoms with E-state index >= 15 is 0 Å². The van der Waals surface area contributed by atoms with Crippen molar-refractivity contribution in [3.63, 3.8) is 0 Å². The first kappa shape index (κ1) is 11.1. The van der Waals surface area contributed by atoms with E-state index < -0.39 is 22.0 Å². The summed E-state index contributed by atoms with van der Waals surface area (Å²) in [6.07, 6.45) is 0. The summed E-state index contributed by atoms with van der Waals surface area (Å²) < 4.78 is 17.9. The van der Waals surface area contributed by atoms with E-state index in [1.54, 1.807) is 0 Å². The molecule has 7 heteroatoms. The van der Waals surface area contributed by atoms with Crippen LogP contribution >= 0.6 is 0 Å². The molecule has 1 N–H and O–H groups in total. The molecule has 1 aromatic carbocycles. The Morgan fingerprint density at radius 3 is 2.71 bits per heavy atom. The highest BCUT2D eigenvalue weighted by Crippen LogP contribution is 2.26. The number of halogens is 1. The Morgan fingerprint density at radius 1 is 1.47 bits per heavy atom. The number of aromatic nitrogens is 1. The van der Waals surface area contributed by atoms with Crippen LogP contribution < -0.4 is 5.56 Å². The Balaban J connectivity index is 2.66. The lowest BCUT2D eigenvalue weighted by Gasteiger charge is -1.98. The normalized spacial score (nSPS) is 10.5. The van der Waals surface area contributed by atoms with Crippen molar-refractivity contribution in [2.24, 2.45) is 0 Å². The fourth-order valence-corrected chi connectivity index (χ4v) is 1.53. The molecule has 1 heterocycles. The lowest BCUT2D eigenvalue weighted by molar-refractivity contribution is -0.387. The molecule has 0 aliphatic carbocycles. The summed E-state index contributed by atoms with van der Waals surface area (Å²) in [6, 6.07) is 3.23. The summed E-state index contributed by atoms with van der Waals surface area (Å²) in [5.74, 6) is -0.660. The van der Waals surface area contributed by atoms with Gasteiger partial charge in [-0.05, 0) is 18.6 Å². The van der Waals surface area contributed by atoms with E-state index in [1.165, 1.54) is 13.0 Å². The number of nitrogens with zero attached hydrogens (tertiary/aromatic N) is 1. The SMILES string of the molecule is Cc1o[nH]c(=O)c1-c1ccc(F)c([N+](=O)[O-])c1. The number of nitro benzene ring substituents is 1. The largest absolute Gasteiger partial charge is 0.383 e. The van der Waals surface area contributed by atoms with E-state index in [1.807, 2.05) is 0 Å². The lowest BCUT2D eigenvalue weighted by Crippen LogP contribution is -2.02. The molecule has 0 amide bonds. The average molecular weight is 238 g/mol. The number of nitrogens with one attached hydrogen (secondary N) is 1. The number of aromatic amines is 1. The molecule has 2 rings (SSSR count). The van der Waals surface area contributed by atoms with E-state index in [4.69, 9.17) is 4.52 Å². The van der Waals surface area contributed by atoms with Gasteiger partial charge in [0, 0.05) is 6.07 Å². The predicted octanol–water partition coefficient (Wildman–Crippen LogP) is 1.99. The quantitative estimate of drug-likeness (QED) is 0.639. The van der Waals surface area contributed by atoms with Crippen molar-refractivity contribution in [3.05, 3.63) is 50.2 Å². The maximum Gasteiger partial charge on any atom is 0.305 e. The third-order valence-electron chi connectivity index (χ3n) is 2.31. The molecule has 6 nitrogen and oxygen atoms in total. The molecule has 0 spiro atoms. The number of nitro groups is 1. The number of H-pyrrole nitrogens is 1. The van der Waals surface area contributed by atoms with Gasteiger partial charge in [0.2, 0.25) is 5.82 Å². The molecule has 0 radical (unpaired) electrons. The Bertz CT molecular complexity index is 644. The molecule has 0 fully saturated rings. The van der Waals surface area contributed by atoms with Crippen LogP contribution in [0.3, 0.4) is 0 Å². The number of hydrogen-bond donors (Lipinski definition) is 1. The third kappa shape index (κ3) is 1.82. The molecule has 0 aliphatic rings. The maximum absolute atomic E-state index is 13.1. The van der Waals surface area contributed by atoms with Crippen LogP contribution in [0.1, 0.15) is 5.76 Å². The highest BCUT2D eigenvalue weighted by Gasteiger charge is 2.18. The minimum atomic E-state index is -0.948. The van der Waals surface area contributed by atoms with Crippen LogP contribution in [0, 0.1) is 22.9 Å². The second-order valence-electron chi connectivity index (χ2n) is 3.39. The number of benzene rings is 1. The van der Waals surface area contributed by atoms with Crippen molar-refractivity contribution in [2.45, 2.75) is 6.92 Å². The van der Waals surface area contributed by atoms with Crippen molar-refractivity contribution in [1.29, 1.82) is 0 Å². The summed E-state index contributed by atoms with van der Waals surface area (Å²) in [5, 5.41) is 12.7. The molecule has 17 heavy (non-hydrogen) atoms. The molecule has 0 unspecified atom stereocenters. The van der Waals surface area contributed by atoms with Gasteiger partial charge >= 0.3 is 5.69 Å².